The highest BCUT2D eigenvalue weighted by Crippen LogP contribution is 2.23. The fourth-order valence-electron chi connectivity index (χ4n) is 2.38. The standard InChI is InChI=1S/C22H27N3O5/c1-14(2)29-20(27)23-16-12-10-15(11-13-16)19(26)24-17-8-6-7-9-18(17)25-21(28)30-22(3,4)5/h6-14H,1-5H3,(H,23,27)(H,24,26)(H,25,28). The van der Waals surface area contributed by atoms with Crippen LogP contribution in [0.15, 0.2) is 48.5 Å². The molecule has 0 unspecified atom stereocenters. The van der Waals surface area contributed by atoms with Gasteiger partial charge >= 0.3 is 12.2 Å². The van der Waals surface area contributed by atoms with Crippen molar-refractivity contribution >= 4 is 35.2 Å². The van der Waals surface area contributed by atoms with Gasteiger partial charge in [0, 0.05) is 11.3 Å². The van der Waals surface area contributed by atoms with Crippen molar-refractivity contribution in [2.24, 2.45) is 0 Å². The predicted octanol–water partition coefficient (Wildman–Crippen LogP) is 5.24. The summed E-state index contributed by atoms with van der Waals surface area (Å²) >= 11 is 0. The number of hydrogen-bond acceptors (Lipinski definition) is 5. The molecule has 0 atom stereocenters. The summed E-state index contributed by atoms with van der Waals surface area (Å²) in [5.74, 6) is -0.371. The van der Waals surface area contributed by atoms with E-state index < -0.39 is 17.8 Å². The number of carbonyl (C=O) groups excluding carboxylic acids is 3. The van der Waals surface area contributed by atoms with Crippen LogP contribution in [0.4, 0.5) is 26.7 Å². The predicted molar refractivity (Wildman–Crippen MR) is 116 cm³/mol. The Bertz CT molecular complexity index is 902. The lowest BCUT2D eigenvalue weighted by Gasteiger charge is -2.20. The van der Waals surface area contributed by atoms with Crippen LogP contribution >= 0.6 is 0 Å². The first-order valence-corrected chi connectivity index (χ1v) is 9.51. The highest BCUT2D eigenvalue weighted by atomic mass is 16.6. The van der Waals surface area contributed by atoms with Crippen LogP contribution in [0.5, 0.6) is 0 Å². The zero-order valence-electron chi connectivity index (χ0n) is 17.7. The second-order valence-corrected chi connectivity index (χ2v) is 7.78. The molecule has 8 nitrogen and oxygen atoms in total. The van der Waals surface area contributed by atoms with E-state index in [4.69, 9.17) is 9.47 Å². The normalized spacial score (nSPS) is 10.9. The Hall–Kier alpha value is -3.55. The lowest BCUT2D eigenvalue weighted by molar-refractivity contribution is 0.0635. The van der Waals surface area contributed by atoms with E-state index in [-0.39, 0.29) is 12.0 Å². The molecule has 3 amide bonds. The molecule has 0 aliphatic heterocycles. The van der Waals surface area contributed by atoms with Crippen LogP contribution in [0.2, 0.25) is 0 Å². The summed E-state index contributed by atoms with van der Waals surface area (Å²) in [7, 11) is 0. The molecule has 2 rings (SSSR count). The van der Waals surface area contributed by atoms with E-state index in [9.17, 15) is 14.4 Å². The molecule has 30 heavy (non-hydrogen) atoms. The Balaban J connectivity index is 2.04. The van der Waals surface area contributed by atoms with Gasteiger partial charge < -0.3 is 14.8 Å². The average molecular weight is 413 g/mol. The Morgan fingerprint density at radius 2 is 1.37 bits per heavy atom. The van der Waals surface area contributed by atoms with Gasteiger partial charge in [-0.2, -0.15) is 0 Å². The molecule has 0 spiro atoms. The maximum atomic E-state index is 12.6. The molecule has 0 fully saturated rings. The van der Waals surface area contributed by atoms with Gasteiger partial charge in [-0.25, -0.2) is 9.59 Å². The van der Waals surface area contributed by atoms with E-state index in [0.29, 0.717) is 22.6 Å². The minimum Gasteiger partial charge on any atom is -0.447 e. The van der Waals surface area contributed by atoms with Gasteiger partial charge in [-0.05, 0) is 71.0 Å². The van der Waals surface area contributed by atoms with E-state index in [1.807, 2.05) is 0 Å². The quantitative estimate of drug-likeness (QED) is 0.621. The first-order valence-electron chi connectivity index (χ1n) is 9.51. The summed E-state index contributed by atoms with van der Waals surface area (Å²) in [6, 6.07) is 13.1. The molecule has 0 aliphatic rings. The molecule has 3 N–H and O–H groups in total. The van der Waals surface area contributed by atoms with Crippen LogP contribution < -0.4 is 16.0 Å². The molecule has 2 aromatic carbocycles. The van der Waals surface area contributed by atoms with Gasteiger partial charge in [-0.1, -0.05) is 12.1 Å². The van der Waals surface area contributed by atoms with Gasteiger partial charge in [0.05, 0.1) is 17.5 Å². The van der Waals surface area contributed by atoms with Crippen LogP contribution in [0.1, 0.15) is 45.0 Å². The SMILES string of the molecule is CC(C)OC(=O)Nc1ccc(C(=O)Nc2ccccc2NC(=O)OC(C)(C)C)cc1. The zero-order valence-corrected chi connectivity index (χ0v) is 17.7. The van der Waals surface area contributed by atoms with Gasteiger partial charge in [0.25, 0.3) is 5.91 Å². The molecule has 0 aromatic heterocycles. The van der Waals surface area contributed by atoms with Crippen molar-refractivity contribution in [2.45, 2.75) is 46.3 Å². The van der Waals surface area contributed by atoms with Crippen molar-refractivity contribution < 1.29 is 23.9 Å². The van der Waals surface area contributed by atoms with E-state index >= 15 is 0 Å². The number of benzene rings is 2. The van der Waals surface area contributed by atoms with Gasteiger partial charge in [0.15, 0.2) is 0 Å². The highest BCUT2D eigenvalue weighted by molar-refractivity contribution is 6.07. The van der Waals surface area contributed by atoms with Crippen molar-refractivity contribution in [1.82, 2.24) is 0 Å². The highest BCUT2D eigenvalue weighted by Gasteiger charge is 2.18. The maximum absolute atomic E-state index is 12.6. The van der Waals surface area contributed by atoms with E-state index in [0.717, 1.165) is 0 Å². The van der Waals surface area contributed by atoms with Crippen LogP contribution in [0.3, 0.4) is 0 Å². The fraction of sp³-hybridized carbons (Fsp3) is 0.318. The minimum absolute atomic E-state index is 0.232. The first-order chi connectivity index (χ1) is 14.0. The molecule has 160 valence electrons. The zero-order chi connectivity index (χ0) is 22.3. The summed E-state index contributed by atoms with van der Waals surface area (Å²) in [6.07, 6.45) is -1.42. The Morgan fingerprint density at radius 3 is 1.90 bits per heavy atom. The van der Waals surface area contributed by atoms with Crippen LogP contribution in [-0.2, 0) is 9.47 Å². The van der Waals surface area contributed by atoms with Gasteiger partial charge in [-0.3, -0.25) is 15.4 Å². The third kappa shape index (κ3) is 7.46. The minimum atomic E-state index is -0.639. The number of anilines is 3. The van der Waals surface area contributed by atoms with Crippen molar-refractivity contribution in [2.75, 3.05) is 16.0 Å². The average Bonchev–Trinajstić information content (AvgIpc) is 2.61. The summed E-state index contributed by atoms with van der Waals surface area (Å²) in [4.78, 5) is 36.3. The molecule has 0 saturated heterocycles. The summed E-state index contributed by atoms with van der Waals surface area (Å²) < 4.78 is 10.3. The number of ether oxygens (including phenoxy) is 2. The Morgan fingerprint density at radius 1 is 0.800 bits per heavy atom. The van der Waals surface area contributed by atoms with Crippen LogP contribution in [-0.4, -0.2) is 29.8 Å². The van der Waals surface area contributed by atoms with Crippen molar-refractivity contribution in [3.05, 3.63) is 54.1 Å². The van der Waals surface area contributed by atoms with Gasteiger partial charge in [-0.15, -0.1) is 0 Å². The Labute approximate surface area is 175 Å². The maximum Gasteiger partial charge on any atom is 0.412 e. The molecule has 0 radical (unpaired) electrons. The summed E-state index contributed by atoms with van der Waals surface area (Å²) in [5, 5.41) is 7.98. The van der Waals surface area contributed by atoms with E-state index in [1.54, 1.807) is 83.1 Å². The molecular formula is C22H27N3O5. The van der Waals surface area contributed by atoms with Crippen molar-refractivity contribution in [1.29, 1.82) is 0 Å². The van der Waals surface area contributed by atoms with E-state index in [1.165, 1.54) is 0 Å². The molecule has 0 heterocycles. The number of rotatable bonds is 5. The van der Waals surface area contributed by atoms with Crippen molar-refractivity contribution in [3.8, 4) is 0 Å². The van der Waals surface area contributed by atoms with Gasteiger partial charge in [0.2, 0.25) is 0 Å². The fourth-order valence-corrected chi connectivity index (χ4v) is 2.38. The molecule has 0 aliphatic carbocycles. The smallest absolute Gasteiger partial charge is 0.412 e. The summed E-state index contributed by atoms with van der Waals surface area (Å²) in [6.45, 7) is 8.80. The summed E-state index contributed by atoms with van der Waals surface area (Å²) in [5.41, 5.74) is 1.08. The second-order valence-electron chi connectivity index (χ2n) is 7.78. The topological polar surface area (TPSA) is 106 Å². The number of nitrogens with one attached hydrogen (secondary N) is 3. The number of para-hydroxylation sites is 2. The number of amides is 3. The molecular weight excluding hydrogens is 386 g/mol. The van der Waals surface area contributed by atoms with Crippen LogP contribution in [0.25, 0.3) is 0 Å². The van der Waals surface area contributed by atoms with E-state index in [2.05, 4.69) is 16.0 Å². The third-order valence-electron chi connectivity index (χ3n) is 3.55. The molecule has 0 saturated carbocycles. The number of carbonyl (C=O) groups is 3. The second kappa shape index (κ2) is 9.78. The van der Waals surface area contributed by atoms with Crippen LogP contribution in [0, 0.1) is 0 Å². The monoisotopic (exact) mass is 413 g/mol. The lowest BCUT2D eigenvalue weighted by Crippen LogP contribution is -2.27. The molecule has 8 heteroatoms. The lowest BCUT2D eigenvalue weighted by atomic mass is 10.2. The molecule has 0 bridgehead atoms. The number of hydrogen-bond donors (Lipinski definition) is 3. The molecule has 2 aromatic rings. The van der Waals surface area contributed by atoms with Gasteiger partial charge in [0.1, 0.15) is 5.60 Å². The Kier molecular flexibility index (Phi) is 7.41. The first kappa shape index (κ1) is 22.7. The van der Waals surface area contributed by atoms with Crippen molar-refractivity contribution in [3.63, 3.8) is 0 Å². The largest absolute Gasteiger partial charge is 0.447 e. The third-order valence-corrected chi connectivity index (χ3v) is 3.55.